The summed E-state index contributed by atoms with van der Waals surface area (Å²) >= 11 is 19.1. The molecule has 3 aromatic rings. The summed E-state index contributed by atoms with van der Waals surface area (Å²) in [5, 5.41) is 6.51. The van der Waals surface area contributed by atoms with E-state index in [0.29, 0.717) is 10.8 Å². The molecule has 0 amide bonds. The Labute approximate surface area is 161 Å². The van der Waals surface area contributed by atoms with Gasteiger partial charge in [0.05, 0.1) is 19.9 Å². The first-order valence-corrected chi connectivity index (χ1v) is 8.83. The van der Waals surface area contributed by atoms with E-state index in [-0.39, 0.29) is 34.9 Å². The van der Waals surface area contributed by atoms with Gasteiger partial charge in [0.2, 0.25) is 5.82 Å². The molecule has 25 heavy (non-hydrogen) atoms. The smallest absolute Gasteiger partial charge is 0.344 e. The van der Waals surface area contributed by atoms with Crippen LogP contribution in [0.25, 0.3) is 10.7 Å². The van der Waals surface area contributed by atoms with Crippen LogP contribution in [0.4, 0.5) is 0 Å². The molecule has 0 atom stereocenters. The highest BCUT2D eigenvalue weighted by Gasteiger charge is 2.13. The number of benzene rings is 1. The molecule has 0 unspecified atom stereocenters. The second kappa shape index (κ2) is 8.05. The molecule has 0 radical (unpaired) electrons. The summed E-state index contributed by atoms with van der Waals surface area (Å²) in [5.41, 5.74) is 0. The second-order valence-electron chi connectivity index (χ2n) is 4.64. The van der Waals surface area contributed by atoms with Crippen LogP contribution < -0.4 is 4.74 Å². The first-order valence-electron chi connectivity index (χ1n) is 6.82. The number of hydrogen-bond acceptors (Lipinski definition) is 7. The van der Waals surface area contributed by atoms with Crippen molar-refractivity contribution >= 4 is 52.1 Å². The molecule has 2 heterocycles. The standard InChI is InChI=1S/C15H9Cl3N2O4S/c16-8-4-10(18)11(5-9(8)17)22-7-14(21)23-6-13-19-15(20-24-13)12-2-1-3-25-12/h1-5H,6-7H2. The maximum atomic E-state index is 11.8. The summed E-state index contributed by atoms with van der Waals surface area (Å²) in [7, 11) is 0. The summed E-state index contributed by atoms with van der Waals surface area (Å²) in [5.74, 6) is 0.230. The highest BCUT2D eigenvalue weighted by molar-refractivity contribution is 7.13. The monoisotopic (exact) mass is 418 g/mol. The first kappa shape index (κ1) is 18.0. The van der Waals surface area contributed by atoms with Crippen LogP contribution in [0.1, 0.15) is 5.89 Å². The molecule has 10 heteroatoms. The van der Waals surface area contributed by atoms with Crippen LogP contribution in [0.15, 0.2) is 34.2 Å². The van der Waals surface area contributed by atoms with E-state index >= 15 is 0 Å². The van der Waals surface area contributed by atoms with Gasteiger partial charge in [-0.3, -0.25) is 0 Å². The zero-order chi connectivity index (χ0) is 17.8. The van der Waals surface area contributed by atoms with E-state index in [1.165, 1.54) is 23.5 Å². The summed E-state index contributed by atoms with van der Waals surface area (Å²) in [6, 6.07) is 6.59. The molecule has 0 aliphatic carbocycles. The van der Waals surface area contributed by atoms with Crippen molar-refractivity contribution in [3.63, 3.8) is 0 Å². The van der Waals surface area contributed by atoms with E-state index in [0.717, 1.165) is 4.88 Å². The van der Waals surface area contributed by atoms with Gasteiger partial charge in [-0.25, -0.2) is 4.79 Å². The molecule has 1 aromatic carbocycles. The predicted molar refractivity (Wildman–Crippen MR) is 94.4 cm³/mol. The van der Waals surface area contributed by atoms with Crippen LogP contribution in [0.2, 0.25) is 15.1 Å². The Kier molecular flexibility index (Phi) is 5.80. The summed E-state index contributed by atoms with van der Waals surface area (Å²) in [4.78, 5) is 16.8. The quantitative estimate of drug-likeness (QED) is 0.419. The van der Waals surface area contributed by atoms with Gasteiger partial charge in [-0.05, 0) is 17.5 Å². The third-order valence-corrected chi connectivity index (χ3v) is 4.77. The van der Waals surface area contributed by atoms with Crippen molar-refractivity contribution in [1.82, 2.24) is 10.1 Å². The lowest BCUT2D eigenvalue weighted by atomic mass is 10.3. The second-order valence-corrected chi connectivity index (χ2v) is 6.80. The number of halogens is 3. The summed E-state index contributed by atoms with van der Waals surface area (Å²) in [6.45, 7) is -0.515. The minimum atomic E-state index is -0.627. The maximum absolute atomic E-state index is 11.8. The molecule has 2 aromatic heterocycles. The highest BCUT2D eigenvalue weighted by Crippen LogP contribution is 2.33. The third-order valence-electron chi connectivity index (χ3n) is 2.89. The van der Waals surface area contributed by atoms with Crippen molar-refractivity contribution in [2.45, 2.75) is 6.61 Å². The molecule has 3 rings (SSSR count). The molecule has 0 aliphatic rings. The van der Waals surface area contributed by atoms with E-state index in [1.54, 1.807) is 0 Å². The van der Waals surface area contributed by atoms with Gasteiger partial charge in [-0.2, -0.15) is 4.98 Å². The lowest BCUT2D eigenvalue weighted by Crippen LogP contribution is -2.15. The van der Waals surface area contributed by atoms with Gasteiger partial charge in [-0.15, -0.1) is 11.3 Å². The van der Waals surface area contributed by atoms with Crippen molar-refractivity contribution in [3.8, 4) is 16.5 Å². The molecule has 0 N–H and O–H groups in total. The minimum absolute atomic E-state index is 0.157. The topological polar surface area (TPSA) is 74.5 Å². The van der Waals surface area contributed by atoms with Gasteiger partial charge >= 0.3 is 5.97 Å². The Morgan fingerprint density at radius 3 is 2.76 bits per heavy atom. The van der Waals surface area contributed by atoms with E-state index in [2.05, 4.69) is 10.1 Å². The van der Waals surface area contributed by atoms with Crippen molar-refractivity contribution in [2.24, 2.45) is 0 Å². The maximum Gasteiger partial charge on any atom is 0.344 e. The fraction of sp³-hybridized carbons (Fsp3) is 0.133. The molecular weight excluding hydrogens is 411 g/mol. The Morgan fingerprint density at radius 1 is 1.20 bits per heavy atom. The van der Waals surface area contributed by atoms with Crippen molar-refractivity contribution in [3.05, 3.63) is 50.6 Å². The fourth-order valence-corrected chi connectivity index (χ4v) is 3.00. The molecule has 0 saturated carbocycles. The Morgan fingerprint density at radius 2 is 2.00 bits per heavy atom. The average molecular weight is 420 g/mol. The predicted octanol–water partition coefficient (Wildman–Crippen LogP) is 4.88. The number of carbonyl (C=O) groups is 1. The molecule has 0 fully saturated rings. The van der Waals surface area contributed by atoms with Gasteiger partial charge in [0.15, 0.2) is 13.2 Å². The number of hydrogen-bond donors (Lipinski definition) is 0. The van der Waals surface area contributed by atoms with Crippen LogP contribution >= 0.6 is 46.1 Å². The number of rotatable bonds is 6. The van der Waals surface area contributed by atoms with Crippen molar-refractivity contribution in [2.75, 3.05) is 6.61 Å². The average Bonchev–Trinajstić information content (AvgIpc) is 3.26. The van der Waals surface area contributed by atoms with Crippen LogP contribution in [-0.2, 0) is 16.1 Å². The van der Waals surface area contributed by atoms with Crippen molar-refractivity contribution < 1.29 is 18.8 Å². The first-order chi connectivity index (χ1) is 12.0. The molecule has 0 aliphatic heterocycles. The number of carbonyl (C=O) groups excluding carboxylic acids is 1. The molecular formula is C15H9Cl3N2O4S. The third kappa shape index (κ3) is 4.64. The molecule has 6 nitrogen and oxygen atoms in total. The summed E-state index contributed by atoms with van der Waals surface area (Å²) in [6.07, 6.45) is 0. The van der Waals surface area contributed by atoms with Crippen LogP contribution in [0.5, 0.6) is 5.75 Å². The number of nitrogens with zero attached hydrogens (tertiary/aromatic N) is 2. The van der Waals surface area contributed by atoms with E-state index in [9.17, 15) is 4.79 Å². The van der Waals surface area contributed by atoms with E-state index in [1.807, 2.05) is 17.5 Å². The zero-order valence-electron chi connectivity index (χ0n) is 12.4. The Hall–Kier alpha value is -1.80. The lowest BCUT2D eigenvalue weighted by Gasteiger charge is -2.08. The van der Waals surface area contributed by atoms with Crippen LogP contribution in [0, 0.1) is 0 Å². The Bertz CT molecular complexity index is 883. The number of esters is 1. The van der Waals surface area contributed by atoms with Crippen molar-refractivity contribution in [1.29, 1.82) is 0 Å². The largest absolute Gasteiger partial charge is 0.480 e. The molecule has 0 spiro atoms. The van der Waals surface area contributed by atoms with E-state index in [4.69, 9.17) is 48.8 Å². The van der Waals surface area contributed by atoms with Crippen LogP contribution in [0.3, 0.4) is 0 Å². The van der Waals surface area contributed by atoms with Gasteiger partial charge in [0.25, 0.3) is 5.89 Å². The number of ether oxygens (including phenoxy) is 2. The Balaban J connectivity index is 1.51. The van der Waals surface area contributed by atoms with Crippen LogP contribution in [-0.4, -0.2) is 22.7 Å². The number of thiophene rings is 1. The molecule has 130 valence electrons. The van der Waals surface area contributed by atoms with Gasteiger partial charge in [0.1, 0.15) is 5.75 Å². The van der Waals surface area contributed by atoms with Gasteiger partial charge in [-0.1, -0.05) is 46.0 Å². The van der Waals surface area contributed by atoms with E-state index < -0.39 is 5.97 Å². The highest BCUT2D eigenvalue weighted by atomic mass is 35.5. The molecule has 0 saturated heterocycles. The fourth-order valence-electron chi connectivity index (χ4n) is 1.75. The minimum Gasteiger partial charge on any atom is -0.480 e. The molecule has 0 bridgehead atoms. The van der Waals surface area contributed by atoms with Gasteiger partial charge < -0.3 is 14.0 Å². The SMILES string of the molecule is O=C(COc1cc(Cl)c(Cl)cc1Cl)OCc1nc(-c2cccs2)no1. The van der Waals surface area contributed by atoms with Gasteiger partial charge in [0, 0.05) is 6.07 Å². The normalized spacial score (nSPS) is 10.7. The zero-order valence-corrected chi connectivity index (χ0v) is 15.5. The lowest BCUT2D eigenvalue weighted by molar-refractivity contribution is -0.148. The number of aromatic nitrogens is 2. The summed E-state index contributed by atoms with van der Waals surface area (Å²) < 4.78 is 15.3.